The number of hydrogen-bond acceptors (Lipinski definition) is 2. The molecule has 1 aromatic carbocycles. The van der Waals surface area contributed by atoms with Crippen LogP contribution in [0.2, 0.25) is 0 Å². The van der Waals surface area contributed by atoms with Gasteiger partial charge in [-0.2, -0.15) is 0 Å². The molecule has 4 heteroatoms. The minimum atomic E-state index is -1.73. The lowest BCUT2D eigenvalue weighted by molar-refractivity contribution is 0.423. The molecular weight excluding hydrogens is 182 g/mol. The van der Waals surface area contributed by atoms with Crippen molar-refractivity contribution in [2.45, 2.75) is 20.3 Å². The van der Waals surface area contributed by atoms with Gasteiger partial charge >= 0.3 is 7.12 Å². The fourth-order valence-electron chi connectivity index (χ4n) is 1.38. The van der Waals surface area contributed by atoms with Crippen molar-refractivity contribution >= 4 is 12.6 Å². The van der Waals surface area contributed by atoms with Gasteiger partial charge in [-0.05, 0) is 24.0 Å². The summed E-state index contributed by atoms with van der Waals surface area (Å²) in [6.45, 7) is 4.10. The molecule has 0 bridgehead atoms. The van der Waals surface area contributed by atoms with E-state index < -0.39 is 12.9 Å². The Labute approximate surface area is 83.5 Å². The van der Waals surface area contributed by atoms with Gasteiger partial charge in [0.05, 0.1) is 0 Å². The van der Waals surface area contributed by atoms with Crippen LogP contribution in [0.4, 0.5) is 4.39 Å². The first-order valence-electron chi connectivity index (χ1n) is 4.65. The van der Waals surface area contributed by atoms with Gasteiger partial charge in [-0.3, -0.25) is 0 Å². The standard InChI is InChI=1S/C10H14BFO2/c1-7(2)5-8-3-4-9(11(13)14)10(12)6-8/h3-4,6-7,13-14H,5H2,1-2H3. The van der Waals surface area contributed by atoms with Gasteiger partial charge < -0.3 is 10.0 Å². The van der Waals surface area contributed by atoms with Crippen molar-refractivity contribution < 1.29 is 14.4 Å². The minimum absolute atomic E-state index is 0.0718. The normalized spacial score (nSPS) is 10.7. The van der Waals surface area contributed by atoms with Crippen LogP contribution in [0, 0.1) is 11.7 Å². The fourth-order valence-corrected chi connectivity index (χ4v) is 1.38. The van der Waals surface area contributed by atoms with Crippen LogP contribution in [0.5, 0.6) is 0 Å². The summed E-state index contributed by atoms with van der Waals surface area (Å²) in [4.78, 5) is 0. The predicted octanol–water partition coefficient (Wildman–Crippen LogP) is 0.704. The average molecular weight is 196 g/mol. The van der Waals surface area contributed by atoms with Gasteiger partial charge in [-0.1, -0.05) is 26.0 Å². The summed E-state index contributed by atoms with van der Waals surface area (Å²) in [6, 6.07) is 4.49. The predicted molar refractivity (Wildman–Crippen MR) is 54.8 cm³/mol. The average Bonchev–Trinajstić information content (AvgIpc) is 2.01. The highest BCUT2D eigenvalue weighted by atomic mass is 19.1. The third kappa shape index (κ3) is 2.82. The molecule has 0 atom stereocenters. The zero-order valence-corrected chi connectivity index (χ0v) is 8.37. The molecule has 0 spiro atoms. The minimum Gasteiger partial charge on any atom is -0.423 e. The van der Waals surface area contributed by atoms with E-state index in [1.165, 1.54) is 12.1 Å². The Morgan fingerprint density at radius 3 is 2.43 bits per heavy atom. The second-order valence-electron chi connectivity index (χ2n) is 3.83. The van der Waals surface area contributed by atoms with E-state index in [4.69, 9.17) is 10.0 Å². The van der Waals surface area contributed by atoms with Crippen LogP contribution >= 0.6 is 0 Å². The molecule has 2 N–H and O–H groups in total. The maximum Gasteiger partial charge on any atom is 0.491 e. The Balaban J connectivity index is 2.89. The van der Waals surface area contributed by atoms with Crippen molar-refractivity contribution in [3.05, 3.63) is 29.6 Å². The highest BCUT2D eigenvalue weighted by Crippen LogP contribution is 2.08. The zero-order valence-electron chi connectivity index (χ0n) is 8.37. The molecule has 0 aliphatic heterocycles. The molecule has 1 rings (SSSR count). The number of benzene rings is 1. The summed E-state index contributed by atoms with van der Waals surface area (Å²) in [5, 5.41) is 17.6. The largest absolute Gasteiger partial charge is 0.491 e. The van der Waals surface area contributed by atoms with E-state index in [0.717, 1.165) is 12.0 Å². The second-order valence-corrected chi connectivity index (χ2v) is 3.83. The van der Waals surface area contributed by atoms with Crippen LogP contribution in [-0.2, 0) is 6.42 Å². The van der Waals surface area contributed by atoms with E-state index in [1.54, 1.807) is 6.07 Å². The molecule has 0 amide bonds. The fraction of sp³-hybridized carbons (Fsp3) is 0.400. The first-order valence-corrected chi connectivity index (χ1v) is 4.65. The molecule has 0 radical (unpaired) electrons. The van der Waals surface area contributed by atoms with Crippen LogP contribution in [0.15, 0.2) is 18.2 Å². The Kier molecular flexibility index (Phi) is 3.66. The zero-order chi connectivity index (χ0) is 10.7. The Morgan fingerprint density at radius 1 is 1.36 bits per heavy atom. The van der Waals surface area contributed by atoms with E-state index >= 15 is 0 Å². The SMILES string of the molecule is CC(C)Cc1ccc(B(O)O)c(F)c1. The summed E-state index contributed by atoms with van der Waals surface area (Å²) in [7, 11) is -1.73. The Hall–Kier alpha value is -0.865. The molecule has 0 saturated heterocycles. The highest BCUT2D eigenvalue weighted by molar-refractivity contribution is 6.58. The monoisotopic (exact) mass is 196 g/mol. The Morgan fingerprint density at radius 2 is 2.00 bits per heavy atom. The summed E-state index contributed by atoms with van der Waals surface area (Å²) >= 11 is 0. The lowest BCUT2D eigenvalue weighted by atomic mass is 9.79. The van der Waals surface area contributed by atoms with E-state index in [9.17, 15) is 4.39 Å². The van der Waals surface area contributed by atoms with Crippen molar-refractivity contribution in [2.24, 2.45) is 5.92 Å². The maximum absolute atomic E-state index is 13.2. The lowest BCUT2D eigenvalue weighted by Gasteiger charge is -2.07. The lowest BCUT2D eigenvalue weighted by Crippen LogP contribution is -2.32. The molecule has 0 aliphatic rings. The van der Waals surface area contributed by atoms with Gasteiger partial charge in [-0.15, -0.1) is 0 Å². The molecular formula is C10H14BFO2. The van der Waals surface area contributed by atoms with Crippen molar-refractivity contribution in [2.75, 3.05) is 0 Å². The van der Waals surface area contributed by atoms with Crippen molar-refractivity contribution in [1.82, 2.24) is 0 Å². The van der Waals surface area contributed by atoms with E-state index in [0.29, 0.717) is 5.92 Å². The van der Waals surface area contributed by atoms with E-state index in [-0.39, 0.29) is 5.46 Å². The highest BCUT2D eigenvalue weighted by Gasteiger charge is 2.16. The van der Waals surface area contributed by atoms with Gasteiger partial charge in [0.2, 0.25) is 0 Å². The Bertz CT molecular complexity index is 313. The summed E-state index contributed by atoms with van der Waals surface area (Å²) < 4.78 is 13.2. The molecule has 0 aliphatic carbocycles. The van der Waals surface area contributed by atoms with Crippen LogP contribution in [-0.4, -0.2) is 17.2 Å². The number of halogens is 1. The summed E-state index contributed by atoms with van der Waals surface area (Å²) in [6.07, 6.45) is 0.790. The van der Waals surface area contributed by atoms with Gasteiger partial charge in [0.15, 0.2) is 0 Å². The number of rotatable bonds is 3. The van der Waals surface area contributed by atoms with Crippen LogP contribution in [0.3, 0.4) is 0 Å². The molecule has 14 heavy (non-hydrogen) atoms. The van der Waals surface area contributed by atoms with Crippen molar-refractivity contribution in [3.8, 4) is 0 Å². The van der Waals surface area contributed by atoms with Crippen molar-refractivity contribution in [1.29, 1.82) is 0 Å². The first kappa shape index (κ1) is 11.2. The quantitative estimate of drug-likeness (QED) is 0.698. The molecule has 0 unspecified atom stereocenters. The van der Waals surface area contributed by atoms with E-state index in [1.807, 2.05) is 13.8 Å². The van der Waals surface area contributed by atoms with E-state index in [2.05, 4.69) is 0 Å². The van der Waals surface area contributed by atoms with Crippen molar-refractivity contribution in [3.63, 3.8) is 0 Å². The molecule has 1 aromatic rings. The van der Waals surface area contributed by atoms with Gasteiger partial charge in [-0.25, -0.2) is 4.39 Å². The van der Waals surface area contributed by atoms with Gasteiger partial charge in [0.1, 0.15) is 5.82 Å². The molecule has 0 fully saturated rings. The van der Waals surface area contributed by atoms with Gasteiger partial charge in [0.25, 0.3) is 0 Å². The molecule has 2 nitrogen and oxygen atoms in total. The van der Waals surface area contributed by atoms with Crippen LogP contribution in [0.1, 0.15) is 19.4 Å². The van der Waals surface area contributed by atoms with Crippen LogP contribution < -0.4 is 5.46 Å². The maximum atomic E-state index is 13.2. The molecule has 76 valence electrons. The third-order valence-corrected chi connectivity index (χ3v) is 1.99. The summed E-state index contributed by atoms with van der Waals surface area (Å²) in [5.74, 6) is -0.0996. The topological polar surface area (TPSA) is 40.5 Å². The summed E-state index contributed by atoms with van der Waals surface area (Å²) in [5.41, 5.74) is 0.805. The van der Waals surface area contributed by atoms with Gasteiger partial charge in [0, 0.05) is 5.46 Å². The smallest absolute Gasteiger partial charge is 0.423 e. The molecule has 0 heterocycles. The number of hydrogen-bond donors (Lipinski definition) is 2. The third-order valence-electron chi connectivity index (χ3n) is 1.99. The second kappa shape index (κ2) is 4.57. The molecule has 0 aromatic heterocycles. The molecule has 0 saturated carbocycles. The first-order chi connectivity index (χ1) is 6.50. The van der Waals surface area contributed by atoms with Crippen LogP contribution in [0.25, 0.3) is 0 Å².